The van der Waals surface area contributed by atoms with Gasteiger partial charge < -0.3 is 14.8 Å². The number of ether oxygens (including phenoxy) is 2. The van der Waals surface area contributed by atoms with Crippen LogP contribution in [0.4, 0.5) is 17.6 Å². The first kappa shape index (κ1) is 17.5. The molecule has 9 heteroatoms. The van der Waals surface area contributed by atoms with Crippen molar-refractivity contribution in [2.45, 2.75) is 6.18 Å². The lowest BCUT2D eigenvalue weighted by Crippen LogP contribution is -2.32. The number of carbonyl (C=O) groups is 1. The summed E-state index contributed by atoms with van der Waals surface area (Å²) < 4.78 is 57.4. The lowest BCUT2D eigenvalue weighted by atomic mass is 10.3. The van der Waals surface area contributed by atoms with Gasteiger partial charge in [-0.15, -0.1) is 0 Å². The molecule has 1 aromatic rings. The first-order chi connectivity index (χ1) is 9.78. The van der Waals surface area contributed by atoms with E-state index in [-0.39, 0.29) is 30.5 Å². The van der Waals surface area contributed by atoms with Crippen molar-refractivity contribution in [2.75, 3.05) is 26.4 Å². The molecule has 1 N–H and O–H groups in total. The van der Waals surface area contributed by atoms with Crippen LogP contribution in [0, 0.1) is 5.82 Å². The van der Waals surface area contributed by atoms with Gasteiger partial charge in [0.1, 0.15) is 18.2 Å². The number of halogens is 5. The van der Waals surface area contributed by atoms with Crippen molar-refractivity contribution in [2.24, 2.45) is 0 Å². The maximum Gasteiger partial charge on any atom is 0.411 e. The highest BCUT2D eigenvalue weighted by Gasteiger charge is 2.27. The Hall–Kier alpha value is -1.54. The van der Waals surface area contributed by atoms with E-state index in [9.17, 15) is 22.4 Å². The molecule has 0 radical (unpaired) electrons. The fourth-order valence-electron chi connectivity index (χ4n) is 1.22. The van der Waals surface area contributed by atoms with Crippen LogP contribution in [0.3, 0.4) is 0 Å². The summed E-state index contributed by atoms with van der Waals surface area (Å²) in [6.45, 7) is -2.09. The summed E-state index contributed by atoms with van der Waals surface area (Å²) in [4.78, 5) is 11.3. The normalized spacial score (nSPS) is 11.3. The van der Waals surface area contributed by atoms with Gasteiger partial charge in [0.2, 0.25) is 0 Å². The molecule has 0 aromatic heterocycles. The number of hydrogen-bond acceptors (Lipinski definition) is 3. The summed E-state index contributed by atoms with van der Waals surface area (Å²) in [6, 6.07) is 3.58. The number of nitrogens with one attached hydrogen (secondary N) is 1. The third-order valence-electron chi connectivity index (χ3n) is 2.10. The lowest BCUT2D eigenvalue weighted by molar-refractivity contribution is -0.173. The van der Waals surface area contributed by atoms with Crippen molar-refractivity contribution >= 4 is 17.5 Å². The average Bonchev–Trinajstić information content (AvgIpc) is 2.38. The fraction of sp³-hybridized carbons (Fsp3) is 0.417. The van der Waals surface area contributed by atoms with Gasteiger partial charge in [-0.25, -0.2) is 4.39 Å². The Morgan fingerprint density at radius 2 is 2.05 bits per heavy atom. The van der Waals surface area contributed by atoms with Crippen LogP contribution in [0.25, 0.3) is 0 Å². The quantitative estimate of drug-likeness (QED) is 0.618. The first-order valence-electron chi connectivity index (χ1n) is 5.77. The Morgan fingerprint density at radius 1 is 1.33 bits per heavy atom. The highest BCUT2D eigenvalue weighted by Crippen LogP contribution is 2.20. The third-order valence-corrected chi connectivity index (χ3v) is 2.38. The van der Waals surface area contributed by atoms with Gasteiger partial charge in [0, 0.05) is 12.6 Å². The molecule has 0 fully saturated rings. The second-order valence-corrected chi connectivity index (χ2v) is 4.29. The van der Waals surface area contributed by atoms with Gasteiger partial charge in [-0.2, -0.15) is 13.2 Å². The molecule has 4 nitrogen and oxygen atoms in total. The number of hydrogen-bond donors (Lipinski definition) is 1. The average molecular weight is 330 g/mol. The Balaban J connectivity index is 2.18. The van der Waals surface area contributed by atoms with E-state index >= 15 is 0 Å². The summed E-state index contributed by atoms with van der Waals surface area (Å²) in [5, 5.41) is 2.16. The van der Waals surface area contributed by atoms with Crippen LogP contribution in [-0.4, -0.2) is 38.4 Å². The molecule has 0 heterocycles. The standard InChI is InChI=1S/C12H12ClF4NO3/c13-9-5-8(1-2-10(9)14)21-6-11(19)18-3-4-20-7-12(15,16)17/h1-2,5H,3-4,6-7H2,(H,18,19). The van der Waals surface area contributed by atoms with Crippen molar-refractivity contribution in [3.05, 3.63) is 29.0 Å². The van der Waals surface area contributed by atoms with Crippen LogP contribution >= 0.6 is 11.6 Å². The van der Waals surface area contributed by atoms with Gasteiger partial charge >= 0.3 is 6.18 Å². The SMILES string of the molecule is O=C(COc1ccc(F)c(Cl)c1)NCCOCC(F)(F)F. The second-order valence-electron chi connectivity index (χ2n) is 3.88. The van der Waals surface area contributed by atoms with E-state index in [0.717, 1.165) is 6.07 Å². The molecule has 0 unspecified atom stereocenters. The minimum absolute atomic E-state index is 0.0809. The highest BCUT2D eigenvalue weighted by atomic mass is 35.5. The highest BCUT2D eigenvalue weighted by molar-refractivity contribution is 6.30. The molecule has 21 heavy (non-hydrogen) atoms. The molecule has 0 saturated carbocycles. The van der Waals surface area contributed by atoms with Crippen molar-refractivity contribution in [1.82, 2.24) is 5.32 Å². The molecule has 0 aliphatic heterocycles. The van der Waals surface area contributed by atoms with Crippen molar-refractivity contribution in [3.8, 4) is 5.75 Å². The zero-order valence-electron chi connectivity index (χ0n) is 10.7. The largest absolute Gasteiger partial charge is 0.484 e. The molecule has 1 rings (SSSR count). The Bertz CT molecular complexity index is 482. The van der Waals surface area contributed by atoms with E-state index in [1.165, 1.54) is 12.1 Å². The van der Waals surface area contributed by atoms with E-state index in [1.807, 2.05) is 0 Å². The molecule has 1 aromatic carbocycles. The number of rotatable bonds is 7. The second kappa shape index (κ2) is 8.04. The topological polar surface area (TPSA) is 47.6 Å². The van der Waals surface area contributed by atoms with Gasteiger partial charge in [0.05, 0.1) is 11.6 Å². The van der Waals surface area contributed by atoms with E-state index in [4.69, 9.17) is 16.3 Å². The van der Waals surface area contributed by atoms with Crippen molar-refractivity contribution in [1.29, 1.82) is 0 Å². The van der Waals surface area contributed by atoms with Gasteiger partial charge in [-0.3, -0.25) is 4.79 Å². The Labute approximate surface area is 123 Å². The summed E-state index contributed by atoms with van der Waals surface area (Å²) in [5.41, 5.74) is 0. The number of alkyl halides is 3. The lowest BCUT2D eigenvalue weighted by Gasteiger charge is -2.09. The number of benzene rings is 1. The Morgan fingerprint density at radius 3 is 2.67 bits per heavy atom. The molecule has 0 atom stereocenters. The van der Waals surface area contributed by atoms with Crippen LogP contribution in [0.1, 0.15) is 0 Å². The van der Waals surface area contributed by atoms with Crippen LogP contribution in [0.2, 0.25) is 5.02 Å². The summed E-state index contributed by atoms with van der Waals surface area (Å²) in [5.74, 6) is -0.966. The number of amides is 1. The molecule has 0 aliphatic rings. The van der Waals surface area contributed by atoms with E-state index in [2.05, 4.69) is 10.1 Å². The molecule has 1 amide bonds. The fourth-order valence-corrected chi connectivity index (χ4v) is 1.39. The summed E-state index contributed by atoms with van der Waals surface area (Å²) in [6.07, 6.45) is -4.39. The minimum Gasteiger partial charge on any atom is -0.484 e. The molecular weight excluding hydrogens is 318 g/mol. The maximum absolute atomic E-state index is 12.9. The van der Waals surface area contributed by atoms with Crippen LogP contribution < -0.4 is 10.1 Å². The molecular formula is C12H12ClF4NO3. The first-order valence-corrected chi connectivity index (χ1v) is 6.15. The predicted octanol–water partition coefficient (Wildman–Crippen LogP) is 2.55. The Kier molecular flexibility index (Phi) is 6.70. The van der Waals surface area contributed by atoms with Gasteiger partial charge in [-0.05, 0) is 12.1 Å². The maximum atomic E-state index is 12.9. The minimum atomic E-state index is -4.39. The molecule has 0 aliphatic carbocycles. The summed E-state index contributed by atoms with van der Waals surface area (Å²) >= 11 is 5.52. The van der Waals surface area contributed by atoms with Crippen LogP contribution in [0.5, 0.6) is 5.75 Å². The molecule has 0 saturated heterocycles. The van der Waals surface area contributed by atoms with Gasteiger partial charge in [0.15, 0.2) is 6.61 Å². The monoisotopic (exact) mass is 329 g/mol. The van der Waals surface area contributed by atoms with Crippen LogP contribution in [-0.2, 0) is 9.53 Å². The zero-order chi connectivity index (χ0) is 15.9. The molecule has 118 valence electrons. The van der Waals surface area contributed by atoms with E-state index in [1.54, 1.807) is 0 Å². The third kappa shape index (κ3) is 7.72. The van der Waals surface area contributed by atoms with E-state index < -0.39 is 24.5 Å². The van der Waals surface area contributed by atoms with E-state index in [0.29, 0.717) is 0 Å². The van der Waals surface area contributed by atoms with Crippen molar-refractivity contribution < 1.29 is 31.8 Å². The van der Waals surface area contributed by atoms with Gasteiger partial charge in [-0.1, -0.05) is 11.6 Å². The summed E-state index contributed by atoms with van der Waals surface area (Å²) in [7, 11) is 0. The molecule has 0 bridgehead atoms. The van der Waals surface area contributed by atoms with Gasteiger partial charge in [0.25, 0.3) is 5.91 Å². The van der Waals surface area contributed by atoms with Crippen LogP contribution in [0.15, 0.2) is 18.2 Å². The number of carbonyl (C=O) groups excluding carboxylic acids is 1. The molecule has 0 spiro atoms. The predicted molar refractivity (Wildman–Crippen MR) is 66.8 cm³/mol. The zero-order valence-corrected chi connectivity index (χ0v) is 11.4. The van der Waals surface area contributed by atoms with Crippen molar-refractivity contribution in [3.63, 3.8) is 0 Å². The smallest absolute Gasteiger partial charge is 0.411 e.